The van der Waals surface area contributed by atoms with Gasteiger partial charge in [-0.1, -0.05) is 24.6 Å². The van der Waals surface area contributed by atoms with E-state index in [4.69, 9.17) is 5.11 Å². The standard InChI is InChI=1S/C11H18O2/c1-9(2)5-4-6-10(3)7-8-11(12)13/h5,7-8,10H,4,6H2,1-3H3,(H,12,13)/b8-7+. The lowest BCUT2D eigenvalue weighted by Gasteiger charge is -2.02. The maximum atomic E-state index is 10.2. The van der Waals surface area contributed by atoms with Crippen molar-refractivity contribution in [1.82, 2.24) is 0 Å². The molecular formula is C11H18O2. The fourth-order valence-corrected chi connectivity index (χ4v) is 0.978. The molecule has 1 N–H and O–H groups in total. The summed E-state index contributed by atoms with van der Waals surface area (Å²) < 4.78 is 0. The van der Waals surface area contributed by atoms with Gasteiger partial charge in [0.05, 0.1) is 0 Å². The molecule has 0 amide bonds. The van der Waals surface area contributed by atoms with Crippen LogP contribution in [0.5, 0.6) is 0 Å². The predicted molar refractivity (Wildman–Crippen MR) is 54.6 cm³/mol. The molecule has 0 aliphatic carbocycles. The van der Waals surface area contributed by atoms with Crippen LogP contribution in [-0.4, -0.2) is 11.1 Å². The molecule has 0 aromatic heterocycles. The Morgan fingerprint density at radius 1 is 1.46 bits per heavy atom. The van der Waals surface area contributed by atoms with Gasteiger partial charge in [-0.15, -0.1) is 0 Å². The number of aliphatic carboxylic acids is 1. The SMILES string of the molecule is CC(C)=CCCC(C)/C=C/C(=O)O. The zero-order valence-corrected chi connectivity index (χ0v) is 8.58. The van der Waals surface area contributed by atoms with Crippen LogP contribution in [-0.2, 0) is 4.79 Å². The summed E-state index contributed by atoms with van der Waals surface area (Å²) in [4.78, 5) is 10.2. The molecule has 0 spiro atoms. The Hall–Kier alpha value is -1.05. The third-order valence-electron chi connectivity index (χ3n) is 1.74. The molecule has 74 valence electrons. The van der Waals surface area contributed by atoms with Crippen molar-refractivity contribution in [2.45, 2.75) is 33.6 Å². The fourth-order valence-electron chi connectivity index (χ4n) is 0.978. The molecule has 1 unspecified atom stereocenters. The van der Waals surface area contributed by atoms with Gasteiger partial charge in [-0.2, -0.15) is 0 Å². The second-order valence-corrected chi connectivity index (χ2v) is 3.53. The maximum absolute atomic E-state index is 10.2. The lowest BCUT2D eigenvalue weighted by molar-refractivity contribution is -0.131. The Morgan fingerprint density at radius 3 is 2.54 bits per heavy atom. The summed E-state index contributed by atoms with van der Waals surface area (Å²) in [6, 6.07) is 0. The van der Waals surface area contributed by atoms with Gasteiger partial charge in [0.2, 0.25) is 0 Å². The van der Waals surface area contributed by atoms with Gasteiger partial charge in [0.25, 0.3) is 0 Å². The van der Waals surface area contributed by atoms with Crippen LogP contribution in [0.15, 0.2) is 23.8 Å². The third kappa shape index (κ3) is 8.86. The maximum Gasteiger partial charge on any atom is 0.327 e. The minimum Gasteiger partial charge on any atom is -0.478 e. The first kappa shape index (κ1) is 11.9. The summed E-state index contributed by atoms with van der Waals surface area (Å²) in [5.74, 6) is -0.527. The Labute approximate surface area is 80.0 Å². The highest BCUT2D eigenvalue weighted by Crippen LogP contribution is 2.08. The number of carboxylic acid groups (broad SMARTS) is 1. The first-order chi connectivity index (χ1) is 6.02. The minimum atomic E-state index is -0.867. The molecule has 0 heterocycles. The summed E-state index contributed by atoms with van der Waals surface area (Å²) in [6.45, 7) is 6.16. The van der Waals surface area contributed by atoms with Crippen molar-refractivity contribution >= 4 is 5.97 Å². The molecule has 0 rings (SSSR count). The average molecular weight is 182 g/mol. The zero-order chi connectivity index (χ0) is 10.3. The Kier molecular flexibility index (Phi) is 5.94. The van der Waals surface area contributed by atoms with Crippen molar-refractivity contribution in [1.29, 1.82) is 0 Å². The summed E-state index contributed by atoms with van der Waals surface area (Å²) >= 11 is 0. The van der Waals surface area contributed by atoms with Crippen LogP contribution >= 0.6 is 0 Å². The average Bonchev–Trinajstić information content (AvgIpc) is 2.00. The molecule has 0 aliphatic heterocycles. The van der Waals surface area contributed by atoms with E-state index in [0.29, 0.717) is 5.92 Å². The van der Waals surface area contributed by atoms with Crippen molar-refractivity contribution in [2.24, 2.45) is 5.92 Å². The van der Waals surface area contributed by atoms with Crippen molar-refractivity contribution in [3.8, 4) is 0 Å². The molecule has 13 heavy (non-hydrogen) atoms. The van der Waals surface area contributed by atoms with Crippen molar-refractivity contribution < 1.29 is 9.90 Å². The molecule has 0 fully saturated rings. The predicted octanol–water partition coefficient (Wildman–Crippen LogP) is 3.01. The third-order valence-corrected chi connectivity index (χ3v) is 1.74. The molecule has 0 saturated carbocycles. The van der Waals surface area contributed by atoms with Crippen molar-refractivity contribution in [3.05, 3.63) is 23.8 Å². The Morgan fingerprint density at radius 2 is 2.08 bits per heavy atom. The van der Waals surface area contributed by atoms with Gasteiger partial charge in [0.1, 0.15) is 0 Å². The van der Waals surface area contributed by atoms with Crippen LogP contribution < -0.4 is 0 Å². The highest BCUT2D eigenvalue weighted by Gasteiger charge is 1.96. The first-order valence-electron chi connectivity index (χ1n) is 4.57. The smallest absolute Gasteiger partial charge is 0.327 e. The lowest BCUT2D eigenvalue weighted by atomic mass is 10.0. The number of rotatable bonds is 5. The molecule has 0 aliphatic rings. The second kappa shape index (κ2) is 6.46. The topological polar surface area (TPSA) is 37.3 Å². The van der Waals surface area contributed by atoms with E-state index in [2.05, 4.69) is 19.9 Å². The highest BCUT2D eigenvalue weighted by atomic mass is 16.4. The van der Waals surface area contributed by atoms with E-state index in [-0.39, 0.29) is 0 Å². The van der Waals surface area contributed by atoms with Crippen LogP contribution in [0.1, 0.15) is 33.6 Å². The van der Waals surface area contributed by atoms with Crippen LogP contribution in [0, 0.1) is 5.92 Å². The summed E-state index contributed by atoms with van der Waals surface area (Å²) in [5, 5.41) is 8.38. The van der Waals surface area contributed by atoms with Gasteiger partial charge in [-0.3, -0.25) is 0 Å². The van der Waals surface area contributed by atoms with Crippen LogP contribution in [0.2, 0.25) is 0 Å². The molecule has 0 saturated heterocycles. The Bertz CT molecular complexity index is 210. The van der Waals surface area contributed by atoms with Crippen LogP contribution in [0.4, 0.5) is 0 Å². The fraction of sp³-hybridized carbons (Fsp3) is 0.545. The molecule has 2 heteroatoms. The van der Waals surface area contributed by atoms with E-state index in [1.54, 1.807) is 6.08 Å². The second-order valence-electron chi connectivity index (χ2n) is 3.53. The van der Waals surface area contributed by atoms with E-state index in [0.717, 1.165) is 12.8 Å². The number of hydrogen-bond donors (Lipinski definition) is 1. The highest BCUT2D eigenvalue weighted by molar-refractivity contribution is 5.79. The summed E-state index contributed by atoms with van der Waals surface area (Å²) in [6.07, 6.45) is 7.15. The van der Waals surface area contributed by atoms with Crippen molar-refractivity contribution in [3.63, 3.8) is 0 Å². The minimum absolute atomic E-state index is 0.340. The molecular weight excluding hydrogens is 164 g/mol. The molecule has 0 aromatic carbocycles. The molecule has 0 aromatic rings. The van der Waals surface area contributed by atoms with E-state index < -0.39 is 5.97 Å². The quantitative estimate of drug-likeness (QED) is 0.524. The van der Waals surface area contributed by atoms with Gasteiger partial charge in [-0.05, 0) is 32.6 Å². The van der Waals surface area contributed by atoms with Gasteiger partial charge >= 0.3 is 5.97 Å². The van der Waals surface area contributed by atoms with Gasteiger partial charge in [0.15, 0.2) is 0 Å². The van der Waals surface area contributed by atoms with Gasteiger partial charge in [0, 0.05) is 6.08 Å². The lowest BCUT2D eigenvalue weighted by Crippen LogP contribution is -1.92. The summed E-state index contributed by atoms with van der Waals surface area (Å²) in [5.41, 5.74) is 1.31. The van der Waals surface area contributed by atoms with Crippen molar-refractivity contribution in [2.75, 3.05) is 0 Å². The monoisotopic (exact) mass is 182 g/mol. The number of allylic oxidation sites excluding steroid dienone is 3. The first-order valence-corrected chi connectivity index (χ1v) is 4.57. The van der Waals surface area contributed by atoms with E-state index in [1.165, 1.54) is 11.6 Å². The molecule has 0 bridgehead atoms. The van der Waals surface area contributed by atoms with E-state index in [1.807, 2.05) is 6.92 Å². The normalized spacial score (nSPS) is 12.8. The Balaban J connectivity index is 3.69. The van der Waals surface area contributed by atoms with Gasteiger partial charge in [-0.25, -0.2) is 4.79 Å². The molecule has 1 atom stereocenters. The molecule has 2 nitrogen and oxygen atoms in total. The zero-order valence-electron chi connectivity index (χ0n) is 8.58. The summed E-state index contributed by atoms with van der Waals surface area (Å²) in [7, 11) is 0. The van der Waals surface area contributed by atoms with Crippen LogP contribution in [0.25, 0.3) is 0 Å². The molecule has 0 radical (unpaired) electrons. The number of carbonyl (C=O) groups is 1. The van der Waals surface area contributed by atoms with E-state index in [9.17, 15) is 4.79 Å². The number of hydrogen-bond acceptors (Lipinski definition) is 1. The van der Waals surface area contributed by atoms with Gasteiger partial charge < -0.3 is 5.11 Å². The van der Waals surface area contributed by atoms with E-state index >= 15 is 0 Å². The largest absolute Gasteiger partial charge is 0.478 e. The van der Waals surface area contributed by atoms with Crippen LogP contribution in [0.3, 0.4) is 0 Å². The number of carboxylic acids is 1.